The number of halogens is 1. The number of allylic oxidation sites excluding steroid dienone is 1. The van der Waals surface area contributed by atoms with E-state index in [0.29, 0.717) is 12.2 Å². The Hall–Kier alpha value is -2.31. The van der Waals surface area contributed by atoms with E-state index in [0.717, 1.165) is 36.8 Å². The van der Waals surface area contributed by atoms with E-state index in [1.165, 1.54) is 17.6 Å². The summed E-state index contributed by atoms with van der Waals surface area (Å²) in [6, 6.07) is 5.93. The van der Waals surface area contributed by atoms with Crippen molar-refractivity contribution in [3.05, 3.63) is 47.0 Å². The van der Waals surface area contributed by atoms with Crippen LogP contribution in [-0.2, 0) is 9.59 Å². The maximum atomic E-state index is 9.41. The quantitative estimate of drug-likeness (QED) is 0.681. The van der Waals surface area contributed by atoms with E-state index in [2.05, 4.69) is 31.1 Å². The van der Waals surface area contributed by atoms with Crippen molar-refractivity contribution in [2.75, 3.05) is 27.2 Å². The van der Waals surface area contributed by atoms with Crippen LogP contribution in [0.5, 0.6) is 5.75 Å². The van der Waals surface area contributed by atoms with Gasteiger partial charge in [-0.2, -0.15) is 0 Å². The molecule has 2 rings (SSSR count). The van der Waals surface area contributed by atoms with Crippen molar-refractivity contribution in [2.45, 2.75) is 19.3 Å². The Morgan fingerprint density at radius 2 is 1.88 bits per heavy atom. The predicted molar refractivity (Wildman–Crippen MR) is 96.5 cm³/mol. The standard InChI is InChI=1S/C15H20ClNO.C4H4O4/c1-17(2)9-3-5-12-6-4-10-18-15-11-13(16)7-8-14(12)15;5-3(6)1-2-4(7)8/h6-8,11H,3-5,9-10H2,1-2H3;1-2H,(H,5,6)(H,7,8)/p-2/b;2-1-. The third kappa shape index (κ3) is 8.69. The van der Waals surface area contributed by atoms with Gasteiger partial charge in [-0.15, -0.1) is 0 Å². The molecular weight excluding hydrogens is 358 g/mol. The van der Waals surface area contributed by atoms with Crippen molar-refractivity contribution >= 4 is 29.1 Å². The van der Waals surface area contributed by atoms with Crippen LogP contribution in [0.15, 0.2) is 36.4 Å². The van der Waals surface area contributed by atoms with Crippen LogP contribution in [0.25, 0.3) is 5.57 Å². The molecule has 0 radical (unpaired) electrons. The summed E-state index contributed by atoms with van der Waals surface area (Å²) in [4.78, 5) is 21.0. The van der Waals surface area contributed by atoms with Gasteiger partial charge in [-0.1, -0.05) is 17.7 Å². The number of benzene rings is 1. The molecule has 1 aromatic carbocycles. The molecule has 1 aliphatic rings. The third-order valence-electron chi connectivity index (χ3n) is 3.46. The summed E-state index contributed by atoms with van der Waals surface area (Å²) in [5.41, 5.74) is 2.59. The maximum Gasteiger partial charge on any atom is 0.128 e. The minimum atomic E-state index is -1.55. The van der Waals surface area contributed by atoms with E-state index in [1.807, 2.05) is 12.1 Å². The summed E-state index contributed by atoms with van der Waals surface area (Å²) in [6.07, 6.45) is 6.31. The molecule has 0 saturated carbocycles. The Kier molecular flexibility index (Phi) is 9.47. The fourth-order valence-corrected chi connectivity index (χ4v) is 2.51. The van der Waals surface area contributed by atoms with E-state index in [4.69, 9.17) is 16.3 Å². The van der Waals surface area contributed by atoms with Crippen molar-refractivity contribution in [3.8, 4) is 5.75 Å². The first-order chi connectivity index (χ1) is 12.3. The van der Waals surface area contributed by atoms with E-state index < -0.39 is 11.9 Å². The van der Waals surface area contributed by atoms with E-state index in [9.17, 15) is 19.8 Å². The second-order valence-electron chi connectivity index (χ2n) is 5.89. The molecule has 0 fully saturated rings. The Labute approximate surface area is 158 Å². The number of carboxylic acids is 2. The van der Waals surface area contributed by atoms with E-state index >= 15 is 0 Å². The van der Waals surface area contributed by atoms with Crippen molar-refractivity contribution < 1.29 is 24.5 Å². The number of carboxylic acid groups (broad SMARTS) is 2. The van der Waals surface area contributed by atoms with Crippen molar-refractivity contribution in [1.82, 2.24) is 4.90 Å². The highest BCUT2D eigenvalue weighted by Crippen LogP contribution is 2.33. The number of ether oxygens (including phenoxy) is 1. The normalized spacial score (nSPS) is 13.2. The number of nitrogens with zero attached hydrogens (tertiary/aromatic N) is 1. The molecule has 26 heavy (non-hydrogen) atoms. The number of rotatable bonds is 6. The van der Waals surface area contributed by atoms with Gasteiger partial charge in [-0.05, 0) is 69.4 Å². The molecule has 1 aliphatic heterocycles. The van der Waals surface area contributed by atoms with Gasteiger partial charge in [0.05, 0.1) is 18.5 Å². The minimum absolute atomic E-state index is 0.384. The van der Waals surface area contributed by atoms with E-state index in [1.54, 1.807) is 0 Å². The number of carbonyl (C=O) groups is 2. The molecule has 6 nitrogen and oxygen atoms in total. The van der Waals surface area contributed by atoms with E-state index in [-0.39, 0.29) is 0 Å². The zero-order chi connectivity index (χ0) is 19.5. The van der Waals surface area contributed by atoms with Gasteiger partial charge >= 0.3 is 0 Å². The molecule has 0 aliphatic carbocycles. The molecule has 0 N–H and O–H groups in total. The van der Waals surface area contributed by atoms with Gasteiger partial charge in [-0.3, -0.25) is 0 Å². The fourth-order valence-electron chi connectivity index (χ4n) is 2.35. The Bertz CT molecular complexity index is 667. The van der Waals surface area contributed by atoms with Gasteiger partial charge in [0, 0.05) is 17.0 Å². The first-order valence-corrected chi connectivity index (χ1v) is 8.54. The molecular formula is C19H22ClNO5-2. The van der Waals surface area contributed by atoms with Crippen LogP contribution < -0.4 is 14.9 Å². The summed E-state index contributed by atoms with van der Waals surface area (Å²) in [6.45, 7) is 1.85. The zero-order valence-electron chi connectivity index (χ0n) is 14.9. The smallest absolute Gasteiger partial charge is 0.128 e. The fraction of sp³-hybridized carbons (Fsp3) is 0.368. The van der Waals surface area contributed by atoms with Gasteiger partial charge < -0.3 is 29.4 Å². The largest absolute Gasteiger partial charge is 0.545 e. The SMILES string of the molecule is CN(C)CCCC1=CCCOc2cc(Cl)ccc21.O=C([O-])/C=C\C(=O)[O-]. The van der Waals surface area contributed by atoms with Gasteiger partial charge in [0.1, 0.15) is 5.75 Å². The number of aliphatic carboxylic acids is 2. The monoisotopic (exact) mass is 379 g/mol. The second-order valence-corrected chi connectivity index (χ2v) is 6.32. The van der Waals surface area contributed by atoms with Gasteiger partial charge in [-0.25, -0.2) is 0 Å². The topological polar surface area (TPSA) is 92.7 Å². The lowest BCUT2D eigenvalue weighted by atomic mass is 9.99. The van der Waals surface area contributed by atoms with Crippen LogP contribution in [0.4, 0.5) is 0 Å². The molecule has 0 amide bonds. The molecule has 0 unspecified atom stereocenters. The number of carbonyl (C=O) groups excluding carboxylic acids is 2. The molecule has 0 atom stereocenters. The second kappa shape index (κ2) is 11.3. The van der Waals surface area contributed by atoms with Crippen molar-refractivity contribution in [1.29, 1.82) is 0 Å². The summed E-state index contributed by atoms with van der Waals surface area (Å²) < 4.78 is 5.74. The summed E-state index contributed by atoms with van der Waals surface area (Å²) in [5, 5.41) is 19.6. The maximum absolute atomic E-state index is 9.41. The summed E-state index contributed by atoms with van der Waals surface area (Å²) in [7, 11) is 4.22. The lowest BCUT2D eigenvalue weighted by Gasteiger charge is -2.13. The van der Waals surface area contributed by atoms with Crippen LogP contribution in [0.2, 0.25) is 5.02 Å². The van der Waals surface area contributed by atoms with Gasteiger partial charge in [0.2, 0.25) is 0 Å². The lowest BCUT2D eigenvalue weighted by Crippen LogP contribution is -2.23. The molecule has 0 saturated heterocycles. The highest BCUT2D eigenvalue weighted by atomic mass is 35.5. The molecule has 7 heteroatoms. The van der Waals surface area contributed by atoms with Crippen LogP contribution in [0.3, 0.4) is 0 Å². The first kappa shape index (κ1) is 21.7. The highest BCUT2D eigenvalue weighted by molar-refractivity contribution is 6.30. The Morgan fingerprint density at radius 3 is 2.46 bits per heavy atom. The molecule has 142 valence electrons. The van der Waals surface area contributed by atoms with Crippen LogP contribution in [0, 0.1) is 0 Å². The van der Waals surface area contributed by atoms with Crippen LogP contribution in [-0.4, -0.2) is 44.1 Å². The van der Waals surface area contributed by atoms with Crippen LogP contribution >= 0.6 is 11.6 Å². The van der Waals surface area contributed by atoms with Crippen LogP contribution in [0.1, 0.15) is 24.8 Å². The lowest BCUT2D eigenvalue weighted by molar-refractivity contribution is -0.301. The average Bonchev–Trinajstić information content (AvgIpc) is 2.75. The van der Waals surface area contributed by atoms with Gasteiger partial charge in [0.25, 0.3) is 0 Å². The number of hydrogen-bond donors (Lipinski definition) is 0. The Balaban J connectivity index is 0.000000359. The summed E-state index contributed by atoms with van der Waals surface area (Å²) in [5.74, 6) is -2.17. The summed E-state index contributed by atoms with van der Waals surface area (Å²) >= 11 is 6.02. The molecule has 0 spiro atoms. The minimum Gasteiger partial charge on any atom is -0.545 e. The molecule has 0 bridgehead atoms. The van der Waals surface area contributed by atoms with Gasteiger partial charge in [0.15, 0.2) is 0 Å². The highest BCUT2D eigenvalue weighted by Gasteiger charge is 2.12. The Morgan fingerprint density at radius 1 is 1.23 bits per heavy atom. The third-order valence-corrected chi connectivity index (χ3v) is 3.70. The first-order valence-electron chi connectivity index (χ1n) is 8.16. The molecule has 0 aromatic heterocycles. The predicted octanol–water partition coefficient (Wildman–Crippen LogP) is 0.890. The van der Waals surface area contributed by atoms with Crippen molar-refractivity contribution in [2.24, 2.45) is 0 Å². The molecule has 1 aromatic rings. The van der Waals surface area contributed by atoms with Crippen molar-refractivity contribution in [3.63, 3.8) is 0 Å². The number of fused-ring (bicyclic) bond motifs is 1. The molecule has 1 heterocycles. The zero-order valence-corrected chi connectivity index (χ0v) is 15.6. The average molecular weight is 380 g/mol. The number of hydrogen-bond acceptors (Lipinski definition) is 6.